The van der Waals surface area contributed by atoms with Crippen molar-refractivity contribution in [2.45, 2.75) is 19.5 Å². The molecule has 0 spiro atoms. The third-order valence-corrected chi connectivity index (χ3v) is 6.86. The van der Waals surface area contributed by atoms with E-state index in [0.29, 0.717) is 11.1 Å². The van der Waals surface area contributed by atoms with Crippen molar-refractivity contribution in [1.29, 1.82) is 0 Å². The van der Waals surface area contributed by atoms with Crippen molar-refractivity contribution in [3.05, 3.63) is 58.1 Å². The Kier molecular flexibility index (Phi) is 5.59. The number of anilines is 3. The highest BCUT2D eigenvalue weighted by Crippen LogP contribution is 2.32. The second-order valence-electron chi connectivity index (χ2n) is 7.55. The molecule has 0 bridgehead atoms. The SMILES string of the molecule is Cc1c(Nc2c(F)ccc(NS(=O)(=O)N3CCC(F)C3)c2F)ccc2ncn(C)c(=O)c12. The molecule has 0 aliphatic carbocycles. The standard InChI is InChI=1S/C20H20F3N5O3S/c1-11-14(5-6-15-17(11)20(29)27(2)10-24-15)25-19-13(22)3-4-16(18(19)23)26-32(30,31)28-8-7-12(21)9-28/h3-6,10,12,25-26H,7-9H2,1-2H3. The summed E-state index contributed by atoms with van der Waals surface area (Å²) in [5.74, 6) is -2.14. The topological polar surface area (TPSA) is 96.3 Å². The molecule has 1 aliphatic heterocycles. The molecule has 0 saturated carbocycles. The number of nitrogens with one attached hydrogen (secondary N) is 2. The van der Waals surface area contributed by atoms with Gasteiger partial charge in [0.1, 0.15) is 17.7 Å². The molecule has 1 aromatic heterocycles. The molecule has 2 heterocycles. The maximum Gasteiger partial charge on any atom is 0.301 e. The van der Waals surface area contributed by atoms with Crippen LogP contribution in [0.1, 0.15) is 12.0 Å². The summed E-state index contributed by atoms with van der Waals surface area (Å²) in [7, 11) is -2.68. The molecular formula is C20H20F3N5O3S. The van der Waals surface area contributed by atoms with Gasteiger partial charge < -0.3 is 9.88 Å². The Hall–Kier alpha value is -3.12. The summed E-state index contributed by atoms with van der Waals surface area (Å²) < 4.78 is 72.1. The van der Waals surface area contributed by atoms with Crippen LogP contribution in [0.25, 0.3) is 10.9 Å². The van der Waals surface area contributed by atoms with Crippen LogP contribution in [0.3, 0.4) is 0 Å². The van der Waals surface area contributed by atoms with Crippen LogP contribution in [-0.2, 0) is 17.3 Å². The molecule has 12 heteroatoms. The van der Waals surface area contributed by atoms with E-state index >= 15 is 4.39 Å². The lowest BCUT2D eigenvalue weighted by molar-refractivity contribution is 0.343. The minimum Gasteiger partial charge on any atom is -0.350 e. The predicted octanol–water partition coefficient (Wildman–Crippen LogP) is 2.96. The number of nitrogens with zero attached hydrogens (tertiary/aromatic N) is 3. The Labute approximate surface area is 181 Å². The molecule has 32 heavy (non-hydrogen) atoms. The summed E-state index contributed by atoms with van der Waals surface area (Å²) in [5, 5.41) is 2.90. The number of hydrogen-bond donors (Lipinski definition) is 2. The lowest BCUT2D eigenvalue weighted by Gasteiger charge is -2.19. The van der Waals surface area contributed by atoms with Crippen molar-refractivity contribution in [2.75, 3.05) is 23.1 Å². The zero-order valence-corrected chi connectivity index (χ0v) is 18.0. The number of hydrogen-bond acceptors (Lipinski definition) is 5. The lowest BCUT2D eigenvalue weighted by Crippen LogP contribution is -2.34. The van der Waals surface area contributed by atoms with Gasteiger partial charge in [-0.2, -0.15) is 12.7 Å². The van der Waals surface area contributed by atoms with Gasteiger partial charge >= 0.3 is 10.2 Å². The Morgan fingerprint density at radius 1 is 1.16 bits per heavy atom. The van der Waals surface area contributed by atoms with Gasteiger partial charge in [-0.1, -0.05) is 0 Å². The monoisotopic (exact) mass is 467 g/mol. The molecule has 0 radical (unpaired) electrons. The van der Waals surface area contributed by atoms with Crippen LogP contribution in [0.2, 0.25) is 0 Å². The van der Waals surface area contributed by atoms with E-state index in [-0.39, 0.29) is 36.1 Å². The number of alkyl halides is 1. The van der Waals surface area contributed by atoms with E-state index in [9.17, 15) is 22.0 Å². The van der Waals surface area contributed by atoms with Crippen molar-refractivity contribution in [3.8, 4) is 0 Å². The first-order valence-corrected chi connectivity index (χ1v) is 11.1. The van der Waals surface area contributed by atoms with Crippen LogP contribution < -0.4 is 15.6 Å². The van der Waals surface area contributed by atoms with Crippen molar-refractivity contribution in [2.24, 2.45) is 7.05 Å². The molecule has 1 unspecified atom stereocenters. The smallest absolute Gasteiger partial charge is 0.301 e. The fourth-order valence-electron chi connectivity index (χ4n) is 3.58. The van der Waals surface area contributed by atoms with E-state index in [1.165, 1.54) is 30.1 Å². The molecule has 170 valence electrons. The lowest BCUT2D eigenvalue weighted by atomic mass is 10.1. The highest BCUT2D eigenvalue weighted by atomic mass is 32.2. The van der Waals surface area contributed by atoms with Gasteiger partial charge in [-0.25, -0.2) is 18.2 Å². The molecule has 3 aromatic rings. The van der Waals surface area contributed by atoms with Crippen LogP contribution in [-0.4, -0.2) is 41.5 Å². The van der Waals surface area contributed by atoms with E-state index in [1.54, 1.807) is 6.92 Å². The average Bonchev–Trinajstić information content (AvgIpc) is 3.19. The van der Waals surface area contributed by atoms with E-state index in [4.69, 9.17) is 0 Å². The molecule has 1 fully saturated rings. The average molecular weight is 467 g/mol. The highest BCUT2D eigenvalue weighted by molar-refractivity contribution is 7.90. The number of fused-ring (bicyclic) bond motifs is 1. The van der Waals surface area contributed by atoms with Gasteiger partial charge in [0.05, 0.1) is 22.9 Å². The number of aryl methyl sites for hydroxylation is 2. The molecule has 0 amide bonds. The molecule has 4 rings (SSSR count). The third-order valence-electron chi connectivity index (χ3n) is 5.37. The molecule has 1 saturated heterocycles. The fourth-order valence-corrected chi connectivity index (χ4v) is 4.85. The van der Waals surface area contributed by atoms with Crippen LogP contribution in [0.5, 0.6) is 0 Å². The second-order valence-corrected chi connectivity index (χ2v) is 9.22. The first-order valence-electron chi connectivity index (χ1n) is 9.70. The van der Waals surface area contributed by atoms with E-state index in [2.05, 4.69) is 10.3 Å². The van der Waals surface area contributed by atoms with Crippen LogP contribution in [0.15, 0.2) is 35.4 Å². The highest BCUT2D eigenvalue weighted by Gasteiger charge is 2.32. The van der Waals surface area contributed by atoms with Crippen molar-refractivity contribution >= 4 is 38.2 Å². The molecule has 1 aliphatic rings. The zero-order chi connectivity index (χ0) is 23.2. The van der Waals surface area contributed by atoms with E-state index in [0.717, 1.165) is 16.4 Å². The summed E-state index contributed by atoms with van der Waals surface area (Å²) in [4.78, 5) is 16.6. The third kappa shape index (κ3) is 3.91. The molecule has 2 N–H and O–H groups in total. The number of rotatable bonds is 5. The molecular weight excluding hydrogens is 447 g/mol. The summed E-state index contributed by atoms with van der Waals surface area (Å²) in [5.41, 5.74) is -0.316. The van der Waals surface area contributed by atoms with Gasteiger partial charge in [-0.15, -0.1) is 0 Å². The minimum atomic E-state index is -4.22. The Bertz CT molecular complexity index is 1380. The van der Waals surface area contributed by atoms with Gasteiger partial charge in [0.25, 0.3) is 5.56 Å². The Balaban J connectivity index is 1.70. The quantitative estimate of drug-likeness (QED) is 0.602. The van der Waals surface area contributed by atoms with Gasteiger partial charge in [-0.05, 0) is 43.2 Å². The summed E-state index contributed by atoms with van der Waals surface area (Å²) in [6.07, 6.45) is 0.132. The van der Waals surface area contributed by atoms with E-state index in [1.807, 2.05) is 4.72 Å². The molecule has 8 nitrogen and oxygen atoms in total. The first-order chi connectivity index (χ1) is 15.1. The van der Waals surface area contributed by atoms with Crippen molar-refractivity contribution < 1.29 is 21.6 Å². The fraction of sp³-hybridized carbons (Fsp3) is 0.300. The summed E-state index contributed by atoms with van der Waals surface area (Å²) in [6.45, 7) is 1.24. The maximum atomic E-state index is 15.1. The Morgan fingerprint density at radius 3 is 2.56 bits per heavy atom. The maximum absolute atomic E-state index is 15.1. The van der Waals surface area contributed by atoms with Gasteiger partial charge in [-0.3, -0.25) is 9.52 Å². The first kappa shape index (κ1) is 22.1. The zero-order valence-electron chi connectivity index (χ0n) is 17.2. The minimum absolute atomic E-state index is 0.0380. The van der Waals surface area contributed by atoms with Crippen molar-refractivity contribution in [1.82, 2.24) is 13.9 Å². The van der Waals surface area contributed by atoms with Crippen LogP contribution in [0.4, 0.5) is 30.2 Å². The summed E-state index contributed by atoms with van der Waals surface area (Å²) in [6, 6.07) is 4.91. The van der Waals surface area contributed by atoms with Crippen LogP contribution >= 0.6 is 0 Å². The van der Waals surface area contributed by atoms with Gasteiger partial charge in [0.15, 0.2) is 5.82 Å². The van der Waals surface area contributed by atoms with Crippen molar-refractivity contribution in [3.63, 3.8) is 0 Å². The predicted molar refractivity (Wildman–Crippen MR) is 115 cm³/mol. The van der Waals surface area contributed by atoms with Gasteiger partial charge in [0, 0.05) is 25.8 Å². The normalized spacial score (nSPS) is 17.1. The largest absolute Gasteiger partial charge is 0.350 e. The number of halogens is 3. The van der Waals surface area contributed by atoms with Gasteiger partial charge in [0.2, 0.25) is 0 Å². The summed E-state index contributed by atoms with van der Waals surface area (Å²) >= 11 is 0. The molecule has 1 atom stereocenters. The second kappa shape index (κ2) is 8.10. The molecule has 2 aromatic carbocycles. The number of benzene rings is 2. The van der Waals surface area contributed by atoms with Crippen LogP contribution in [0, 0.1) is 18.6 Å². The van der Waals surface area contributed by atoms with E-state index < -0.39 is 39.4 Å². The Morgan fingerprint density at radius 2 is 1.88 bits per heavy atom. The number of aromatic nitrogens is 2.